The van der Waals surface area contributed by atoms with Gasteiger partial charge in [0.15, 0.2) is 0 Å². The lowest BCUT2D eigenvalue weighted by Crippen LogP contribution is -2.33. The van der Waals surface area contributed by atoms with Gasteiger partial charge < -0.3 is 0 Å². The summed E-state index contributed by atoms with van der Waals surface area (Å²) >= 11 is 2.26. The Labute approximate surface area is 148 Å². The molecular formula is C22H34S. The number of thioether (sulfide) groups is 1. The van der Waals surface area contributed by atoms with E-state index >= 15 is 0 Å². The van der Waals surface area contributed by atoms with Crippen LogP contribution in [-0.2, 0) is 0 Å². The van der Waals surface area contributed by atoms with E-state index in [-0.39, 0.29) is 0 Å². The second-order valence-corrected chi connectivity index (χ2v) is 8.96. The van der Waals surface area contributed by atoms with Crippen molar-refractivity contribution in [1.82, 2.24) is 0 Å². The van der Waals surface area contributed by atoms with E-state index in [1.807, 2.05) is 0 Å². The Kier molecular flexibility index (Phi) is 7.76. The van der Waals surface area contributed by atoms with Crippen molar-refractivity contribution in [3.8, 4) is 0 Å². The maximum absolute atomic E-state index is 2.50. The Hall–Kier alpha value is -0.690. The van der Waals surface area contributed by atoms with Crippen LogP contribution in [-0.4, -0.2) is 9.49 Å². The Morgan fingerprint density at radius 2 is 1.17 bits per heavy atom. The van der Waals surface area contributed by atoms with Crippen molar-refractivity contribution < 1.29 is 0 Å². The van der Waals surface area contributed by atoms with Crippen LogP contribution in [0, 0.1) is 0 Å². The standard InChI is InChI=1S/C22H34S/c1-3-5-9-15-21(17-11-7-12-18-21)23-22(16-10-6-4-2)19-13-8-14-20-22/h7-8,11-14,17,19H,3-6,9-10,15-16,18,20H2,1-2H3. The minimum Gasteiger partial charge on any atom is -0.139 e. The predicted molar refractivity (Wildman–Crippen MR) is 107 cm³/mol. The second-order valence-electron chi connectivity index (χ2n) is 7.13. The molecule has 0 radical (unpaired) electrons. The number of hydrogen-bond donors (Lipinski definition) is 0. The van der Waals surface area contributed by atoms with Crippen LogP contribution in [0.15, 0.2) is 48.6 Å². The summed E-state index contributed by atoms with van der Waals surface area (Å²) in [6, 6.07) is 0. The van der Waals surface area contributed by atoms with Gasteiger partial charge in [-0.3, -0.25) is 0 Å². The van der Waals surface area contributed by atoms with Crippen LogP contribution in [0.25, 0.3) is 0 Å². The molecule has 2 rings (SSSR count). The Bertz CT molecular complexity index is 415. The maximum atomic E-state index is 2.50. The van der Waals surface area contributed by atoms with Gasteiger partial charge >= 0.3 is 0 Å². The summed E-state index contributed by atoms with van der Waals surface area (Å²) in [6.45, 7) is 4.61. The molecule has 0 saturated carbocycles. The van der Waals surface area contributed by atoms with Gasteiger partial charge in [-0.15, -0.1) is 11.8 Å². The molecule has 2 unspecified atom stereocenters. The molecule has 0 saturated heterocycles. The van der Waals surface area contributed by atoms with Gasteiger partial charge in [0.05, 0.1) is 0 Å². The van der Waals surface area contributed by atoms with E-state index in [9.17, 15) is 0 Å². The summed E-state index contributed by atoms with van der Waals surface area (Å²) in [5.41, 5.74) is 0. The maximum Gasteiger partial charge on any atom is 0.0385 e. The monoisotopic (exact) mass is 330 g/mol. The van der Waals surface area contributed by atoms with Crippen LogP contribution < -0.4 is 0 Å². The molecule has 0 bridgehead atoms. The van der Waals surface area contributed by atoms with E-state index in [0.717, 1.165) is 0 Å². The van der Waals surface area contributed by atoms with Crippen molar-refractivity contribution >= 4 is 11.8 Å². The van der Waals surface area contributed by atoms with E-state index in [1.54, 1.807) is 0 Å². The zero-order valence-corrected chi connectivity index (χ0v) is 15.9. The molecule has 0 fully saturated rings. The minimum atomic E-state index is 0.311. The van der Waals surface area contributed by atoms with E-state index < -0.39 is 0 Å². The van der Waals surface area contributed by atoms with Crippen LogP contribution >= 0.6 is 11.8 Å². The van der Waals surface area contributed by atoms with Gasteiger partial charge in [0.25, 0.3) is 0 Å². The Balaban J connectivity index is 2.09. The topological polar surface area (TPSA) is 0 Å². The summed E-state index contributed by atoms with van der Waals surface area (Å²) in [5, 5.41) is 0. The average Bonchev–Trinajstić information content (AvgIpc) is 2.57. The van der Waals surface area contributed by atoms with Crippen LogP contribution in [0.1, 0.15) is 78.1 Å². The molecule has 0 N–H and O–H groups in total. The first kappa shape index (κ1) is 18.6. The normalized spacial score (nSPS) is 29.3. The largest absolute Gasteiger partial charge is 0.139 e. The quantitative estimate of drug-likeness (QED) is 0.376. The molecule has 128 valence electrons. The molecule has 0 aromatic heterocycles. The Morgan fingerprint density at radius 1 is 0.696 bits per heavy atom. The zero-order valence-electron chi connectivity index (χ0n) is 15.1. The van der Waals surface area contributed by atoms with Crippen molar-refractivity contribution in [3.63, 3.8) is 0 Å². The minimum absolute atomic E-state index is 0.311. The molecule has 2 aliphatic rings. The predicted octanol–water partition coefficient (Wildman–Crippen LogP) is 7.39. The van der Waals surface area contributed by atoms with Gasteiger partial charge in [-0.25, -0.2) is 0 Å². The lowest BCUT2D eigenvalue weighted by atomic mass is 9.92. The highest BCUT2D eigenvalue weighted by Gasteiger charge is 2.38. The molecule has 23 heavy (non-hydrogen) atoms. The zero-order chi connectivity index (χ0) is 16.4. The smallest absolute Gasteiger partial charge is 0.0385 e. The van der Waals surface area contributed by atoms with Crippen LogP contribution in [0.2, 0.25) is 0 Å². The second kappa shape index (κ2) is 9.57. The van der Waals surface area contributed by atoms with E-state index in [1.165, 1.54) is 64.2 Å². The fourth-order valence-electron chi connectivity index (χ4n) is 3.67. The molecule has 0 aromatic carbocycles. The molecule has 2 atom stereocenters. The molecule has 0 aliphatic heterocycles. The number of hydrogen-bond acceptors (Lipinski definition) is 1. The van der Waals surface area contributed by atoms with Gasteiger partial charge in [-0.1, -0.05) is 101 Å². The highest BCUT2D eigenvalue weighted by atomic mass is 32.2. The van der Waals surface area contributed by atoms with E-state index in [4.69, 9.17) is 0 Å². The summed E-state index contributed by atoms with van der Waals surface area (Å²) in [7, 11) is 0. The van der Waals surface area contributed by atoms with Crippen LogP contribution in [0.4, 0.5) is 0 Å². The molecule has 0 nitrogen and oxygen atoms in total. The molecule has 2 aliphatic carbocycles. The third-order valence-electron chi connectivity index (χ3n) is 5.03. The number of rotatable bonds is 10. The molecule has 1 heteroatoms. The molecular weight excluding hydrogens is 296 g/mol. The van der Waals surface area contributed by atoms with Gasteiger partial charge in [-0.05, 0) is 25.7 Å². The third-order valence-corrected chi connectivity index (χ3v) is 6.86. The van der Waals surface area contributed by atoms with Crippen molar-refractivity contribution in [3.05, 3.63) is 48.6 Å². The lowest BCUT2D eigenvalue weighted by Gasteiger charge is -2.41. The van der Waals surface area contributed by atoms with Crippen molar-refractivity contribution in [2.45, 2.75) is 87.5 Å². The average molecular weight is 331 g/mol. The fourth-order valence-corrected chi connectivity index (χ4v) is 5.62. The molecule has 0 amide bonds. The number of unbranched alkanes of at least 4 members (excludes halogenated alkanes) is 4. The van der Waals surface area contributed by atoms with Crippen LogP contribution in [0.5, 0.6) is 0 Å². The van der Waals surface area contributed by atoms with Gasteiger partial charge in [0.1, 0.15) is 0 Å². The SMILES string of the molecule is CCCCCC1(SC2(CCCCC)C=CC=CC2)C=CC=CC1. The van der Waals surface area contributed by atoms with Gasteiger partial charge in [0, 0.05) is 9.49 Å². The highest BCUT2D eigenvalue weighted by Crippen LogP contribution is 2.50. The third kappa shape index (κ3) is 5.71. The first-order valence-electron chi connectivity index (χ1n) is 9.63. The highest BCUT2D eigenvalue weighted by molar-refractivity contribution is 8.02. The van der Waals surface area contributed by atoms with E-state index in [2.05, 4.69) is 74.2 Å². The van der Waals surface area contributed by atoms with Gasteiger partial charge in [0.2, 0.25) is 0 Å². The molecule has 0 spiro atoms. The van der Waals surface area contributed by atoms with E-state index in [0.29, 0.717) is 9.49 Å². The first-order valence-corrected chi connectivity index (χ1v) is 10.4. The van der Waals surface area contributed by atoms with Crippen LogP contribution in [0.3, 0.4) is 0 Å². The van der Waals surface area contributed by atoms with Gasteiger partial charge in [-0.2, -0.15) is 0 Å². The first-order chi connectivity index (χ1) is 11.2. The van der Waals surface area contributed by atoms with Crippen molar-refractivity contribution in [2.24, 2.45) is 0 Å². The van der Waals surface area contributed by atoms with Crippen molar-refractivity contribution in [2.75, 3.05) is 0 Å². The molecule has 0 aromatic rings. The number of allylic oxidation sites excluding steroid dienone is 6. The summed E-state index contributed by atoms with van der Waals surface area (Å²) in [6.07, 6.45) is 31.8. The fraction of sp³-hybridized carbons (Fsp3) is 0.636. The lowest BCUT2D eigenvalue weighted by molar-refractivity contribution is 0.546. The molecule has 0 heterocycles. The Morgan fingerprint density at radius 3 is 1.52 bits per heavy atom. The summed E-state index contributed by atoms with van der Waals surface area (Å²) in [5.74, 6) is 0. The summed E-state index contributed by atoms with van der Waals surface area (Å²) in [4.78, 5) is 0. The van der Waals surface area contributed by atoms with Crippen molar-refractivity contribution in [1.29, 1.82) is 0 Å². The summed E-state index contributed by atoms with van der Waals surface area (Å²) < 4.78 is 0.622.